The standard InChI is InChI=1S/C19H23ClN2O2/c1-15(24)21-19-9-3-2-7-17(19)14-22(10-5-11-23)13-16-6-4-8-18(20)12-16/h2-4,6-9,12,23H,5,10-11,13-14H2,1H3,(H,21,24). The van der Waals surface area contributed by atoms with E-state index >= 15 is 0 Å². The van der Waals surface area contributed by atoms with E-state index in [1.165, 1.54) is 6.92 Å². The molecule has 0 fully saturated rings. The van der Waals surface area contributed by atoms with E-state index in [4.69, 9.17) is 16.7 Å². The van der Waals surface area contributed by atoms with Crippen LogP contribution < -0.4 is 5.32 Å². The predicted molar refractivity (Wildman–Crippen MR) is 98.0 cm³/mol. The predicted octanol–water partition coefficient (Wildman–Crippen LogP) is 3.68. The van der Waals surface area contributed by atoms with Crippen molar-refractivity contribution in [2.24, 2.45) is 0 Å². The van der Waals surface area contributed by atoms with Crippen LogP contribution in [0.5, 0.6) is 0 Å². The maximum absolute atomic E-state index is 11.4. The second kappa shape index (κ2) is 9.42. The Morgan fingerprint density at radius 2 is 1.96 bits per heavy atom. The molecule has 4 nitrogen and oxygen atoms in total. The molecule has 2 aromatic rings. The lowest BCUT2D eigenvalue weighted by atomic mass is 10.1. The van der Waals surface area contributed by atoms with Crippen LogP contribution in [0.1, 0.15) is 24.5 Å². The summed E-state index contributed by atoms with van der Waals surface area (Å²) in [6.45, 7) is 3.83. The number of hydrogen-bond donors (Lipinski definition) is 2. The number of halogens is 1. The van der Waals surface area contributed by atoms with E-state index in [1.54, 1.807) is 0 Å². The fourth-order valence-electron chi connectivity index (χ4n) is 2.61. The Hall–Kier alpha value is -1.88. The summed E-state index contributed by atoms with van der Waals surface area (Å²) >= 11 is 6.07. The van der Waals surface area contributed by atoms with Crippen LogP contribution in [0.2, 0.25) is 5.02 Å². The minimum atomic E-state index is -0.0841. The van der Waals surface area contributed by atoms with Gasteiger partial charge in [-0.25, -0.2) is 0 Å². The molecule has 24 heavy (non-hydrogen) atoms. The second-order valence-electron chi connectivity index (χ2n) is 5.76. The highest BCUT2D eigenvalue weighted by atomic mass is 35.5. The van der Waals surface area contributed by atoms with Crippen LogP contribution in [-0.4, -0.2) is 29.1 Å². The molecular weight excluding hydrogens is 324 g/mol. The quantitative estimate of drug-likeness (QED) is 0.766. The first-order chi connectivity index (χ1) is 11.6. The summed E-state index contributed by atoms with van der Waals surface area (Å²) in [4.78, 5) is 13.6. The summed E-state index contributed by atoms with van der Waals surface area (Å²) in [6.07, 6.45) is 0.697. The summed E-state index contributed by atoms with van der Waals surface area (Å²) in [5, 5.41) is 12.7. The molecule has 0 spiro atoms. The number of nitrogens with one attached hydrogen (secondary N) is 1. The Morgan fingerprint density at radius 1 is 1.17 bits per heavy atom. The molecule has 0 aliphatic carbocycles. The van der Waals surface area contributed by atoms with E-state index in [1.807, 2.05) is 48.5 Å². The molecule has 0 aliphatic heterocycles. The van der Waals surface area contributed by atoms with Gasteiger partial charge in [0.15, 0.2) is 0 Å². The lowest BCUT2D eigenvalue weighted by molar-refractivity contribution is -0.114. The number of nitrogens with zero attached hydrogens (tertiary/aromatic N) is 1. The van der Waals surface area contributed by atoms with Crippen molar-refractivity contribution in [3.8, 4) is 0 Å². The van der Waals surface area contributed by atoms with E-state index in [9.17, 15) is 4.79 Å². The lowest BCUT2D eigenvalue weighted by Crippen LogP contribution is -2.25. The van der Waals surface area contributed by atoms with Crippen LogP contribution in [0.3, 0.4) is 0 Å². The number of rotatable bonds is 8. The van der Waals surface area contributed by atoms with Gasteiger partial charge < -0.3 is 10.4 Å². The van der Waals surface area contributed by atoms with Crippen molar-refractivity contribution in [1.29, 1.82) is 0 Å². The van der Waals surface area contributed by atoms with Crippen LogP contribution in [-0.2, 0) is 17.9 Å². The first-order valence-electron chi connectivity index (χ1n) is 8.01. The van der Waals surface area contributed by atoms with Gasteiger partial charge in [-0.1, -0.05) is 41.9 Å². The van der Waals surface area contributed by atoms with Crippen LogP contribution in [0.25, 0.3) is 0 Å². The zero-order valence-corrected chi connectivity index (χ0v) is 14.6. The molecule has 0 aromatic heterocycles. The third kappa shape index (κ3) is 5.96. The van der Waals surface area contributed by atoms with Crippen molar-refractivity contribution in [2.75, 3.05) is 18.5 Å². The van der Waals surface area contributed by atoms with E-state index in [0.29, 0.717) is 18.0 Å². The molecule has 0 heterocycles. The largest absolute Gasteiger partial charge is 0.396 e. The lowest BCUT2D eigenvalue weighted by Gasteiger charge is -2.23. The van der Waals surface area contributed by atoms with Gasteiger partial charge in [-0.15, -0.1) is 0 Å². The number of carbonyl (C=O) groups is 1. The minimum absolute atomic E-state index is 0.0841. The molecule has 2 rings (SSSR count). The highest BCUT2D eigenvalue weighted by molar-refractivity contribution is 6.30. The SMILES string of the molecule is CC(=O)Nc1ccccc1CN(CCCO)Cc1cccc(Cl)c1. The van der Waals surface area contributed by atoms with Crippen LogP contribution in [0.4, 0.5) is 5.69 Å². The zero-order valence-electron chi connectivity index (χ0n) is 13.8. The van der Waals surface area contributed by atoms with Crippen LogP contribution in [0, 0.1) is 0 Å². The first-order valence-corrected chi connectivity index (χ1v) is 8.39. The molecule has 128 valence electrons. The molecule has 0 radical (unpaired) electrons. The highest BCUT2D eigenvalue weighted by Gasteiger charge is 2.11. The van der Waals surface area contributed by atoms with E-state index in [2.05, 4.69) is 10.2 Å². The molecule has 0 atom stereocenters. The molecule has 0 saturated carbocycles. The fraction of sp³-hybridized carbons (Fsp3) is 0.316. The van der Waals surface area contributed by atoms with Crippen molar-refractivity contribution in [3.63, 3.8) is 0 Å². The van der Waals surface area contributed by atoms with Gasteiger partial charge in [-0.3, -0.25) is 9.69 Å². The van der Waals surface area contributed by atoms with Gasteiger partial charge in [-0.05, 0) is 35.7 Å². The van der Waals surface area contributed by atoms with Crippen LogP contribution in [0.15, 0.2) is 48.5 Å². The number of carbonyl (C=O) groups excluding carboxylic acids is 1. The molecular formula is C19H23ClN2O2. The Bertz CT molecular complexity index is 676. The molecule has 0 unspecified atom stereocenters. The molecule has 0 aliphatic rings. The summed E-state index contributed by atoms with van der Waals surface area (Å²) in [7, 11) is 0. The summed E-state index contributed by atoms with van der Waals surface area (Å²) in [5.41, 5.74) is 3.00. The van der Waals surface area contributed by atoms with Gasteiger partial charge in [0.1, 0.15) is 0 Å². The summed E-state index contributed by atoms with van der Waals surface area (Å²) < 4.78 is 0. The Balaban J connectivity index is 2.15. The third-order valence-electron chi connectivity index (χ3n) is 3.65. The Labute approximate surface area is 148 Å². The van der Waals surface area contributed by atoms with Crippen molar-refractivity contribution in [1.82, 2.24) is 4.90 Å². The average Bonchev–Trinajstić information content (AvgIpc) is 2.54. The summed E-state index contributed by atoms with van der Waals surface area (Å²) in [5.74, 6) is -0.0841. The Morgan fingerprint density at radius 3 is 2.67 bits per heavy atom. The van der Waals surface area contributed by atoms with Crippen molar-refractivity contribution < 1.29 is 9.90 Å². The highest BCUT2D eigenvalue weighted by Crippen LogP contribution is 2.20. The number of anilines is 1. The number of hydrogen-bond acceptors (Lipinski definition) is 3. The average molecular weight is 347 g/mol. The molecule has 0 bridgehead atoms. The Kier molecular flexibility index (Phi) is 7.25. The molecule has 2 N–H and O–H groups in total. The van der Waals surface area contributed by atoms with Crippen LogP contribution >= 0.6 is 11.6 Å². The van der Waals surface area contributed by atoms with E-state index in [0.717, 1.165) is 29.9 Å². The summed E-state index contributed by atoms with van der Waals surface area (Å²) in [6, 6.07) is 15.6. The first kappa shape index (κ1) is 18.5. The van der Waals surface area contributed by atoms with Gasteiger partial charge in [0.25, 0.3) is 0 Å². The molecule has 0 saturated heterocycles. The van der Waals surface area contributed by atoms with Crippen molar-refractivity contribution >= 4 is 23.2 Å². The van der Waals surface area contributed by atoms with E-state index < -0.39 is 0 Å². The van der Waals surface area contributed by atoms with Gasteiger partial charge in [0.2, 0.25) is 5.91 Å². The normalized spacial score (nSPS) is 10.8. The maximum Gasteiger partial charge on any atom is 0.221 e. The molecule has 5 heteroatoms. The number of aliphatic hydroxyl groups is 1. The maximum atomic E-state index is 11.4. The van der Waals surface area contributed by atoms with Gasteiger partial charge in [0.05, 0.1) is 0 Å². The van der Waals surface area contributed by atoms with Gasteiger partial charge >= 0.3 is 0 Å². The van der Waals surface area contributed by atoms with Gasteiger partial charge in [0, 0.05) is 43.9 Å². The fourth-order valence-corrected chi connectivity index (χ4v) is 2.83. The molecule has 2 aromatic carbocycles. The smallest absolute Gasteiger partial charge is 0.221 e. The number of amides is 1. The number of para-hydroxylation sites is 1. The zero-order chi connectivity index (χ0) is 17.4. The van der Waals surface area contributed by atoms with E-state index in [-0.39, 0.29) is 12.5 Å². The second-order valence-corrected chi connectivity index (χ2v) is 6.19. The van der Waals surface area contributed by atoms with Crippen molar-refractivity contribution in [2.45, 2.75) is 26.4 Å². The number of benzene rings is 2. The van der Waals surface area contributed by atoms with Gasteiger partial charge in [-0.2, -0.15) is 0 Å². The molecule has 1 amide bonds. The monoisotopic (exact) mass is 346 g/mol. The topological polar surface area (TPSA) is 52.6 Å². The minimum Gasteiger partial charge on any atom is -0.396 e. The van der Waals surface area contributed by atoms with Crippen molar-refractivity contribution in [3.05, 3.63) is 64.7 Å². The third-order valence-corrected chi connectivity index (χ3v) is 3.88. The number of aliphatic hydroxyl groups excluding tert-OH is 1.